The lowest BCUT2D eigenvalue weighted by Gasteiger charge is -2.15. The van der Waals surface area contributed by atoms with E-state index >= 15 is 0 Å². The van der Waals surface area contributed by atoms with E-state index in [9.17, 15) is 4.79 Å². The Morgan fingerprint density at radius 2 is 2.27 bits per heavy atom. The van der Waals surface area contributed by atoms with Gasteiger partial charge >= 0.3 is 6.03 Å². The zero-order valence-corrected chi connectivity index (χ0v) is 7.29. The Balaban J connectivity index is 3.52. The maximum Gasteiger partial charge on any atom is 0.317 e. The van der Waals surface area contributed by atoms with Crippen molar-refractivity contribution >= 4 is 6.03 Å². The maximum atomic E-state index is 11.0. The third-order valence-corrected chi connectivity index (χ3v) is 1.37. The van der Waals surface area contributed by atoms with Gasteiger partial charge in [0.2, 0.25) is 0 Å². The molecule has 0 aromatic heterocycles. The van der Waals surface area contributed by atoms with Gasteiger partial charge < -0.3 is 15.3 Å². The van der Waals surface area contributed by atoms with Crippen LogP contribution < -0.4 is 5.32 Å². The largest absolute Gasteiger partial charge is 0.392 e. The van der Waals surface area contributed by atoms with Crippen LogP contribution in [-0.4, -0.2) is 42.3 Å². The van der Waals surface area contributed by atoms with Crippen LogP contribution in [0.2, 0.25) is 0 Å². The third-order valence-electron chi connectivity index (χ3n) is 1.37. The molecule has 0 saturated heterocycles. The van der Waals surface area contributed by atoms with E-state index in [4.69, 9.17) is 5.11 Å². The number of aliphatic hydroxyl groups is 1. The predicted octanol–water partition coefficient (Wildman–Crippen LogP) is 0.0285. The summed E-state index contributed by atoms with van der Waals surface area (Å²) in [4.78, 5) is 12.5. The predicted molar refractivity (Wildman–Crippen MR) is 43.4 cm³/mol. The van der Waals surface area contributed by atoms with Gasteiger partial charge in [0.05, 0.1) is 6.10 Å². The molecule has 0 aromatic rings. The van der Waals surface area contributed by atoms with Crippen molar-refractivity contribution in [2.75, 3.05) is 20.1 Å². The van der Waals surface area contributed by atoms with Crippen LogP contribution in [0.5, 0.6) is 0 Å². The molecule has 2 N–H and O–H groups in total. The van der Waals surface area contributed by atoms with E-state index in [0.29, 0.717) is 13.1 Å². The number of hydrogen-bond acceptors (Lipinski definition) is 2. The molecule has 0 saturated carbocycles. The fourth-order valence-corrected chi connectivity index (χ4v) is 0.514. The first-order valence-electron chi connectivity index (χ1n) is 3.75. The van der Waals surface area contributed by atoms with Crippen LogP contribution in [-0.2, 0) is 0 Å². The summed E-state index contributed by atoms with van der Waals surface area (Å²) >= 11 is 0. The Labute approximate surface area is 67.2 Å². The van der Waals surface area contributed by atoms with E-state index in [1.54, 1.807) is 18.9 Å². The van der Waals surface area contributed by atoms with E-state index in [2.05, 4.69) is 5.32 Å². The van der Waals surface area contributed by atoms with E-state index < -0.39 is 6.10 Å². The highest BCUT2D eigenvalue weighted by Gasteiger charge is 2.05. The van der Waals surface area contributed by atoms with Gasteiger partial charge in [0.25, 0.3) is 0 Å². The van der Waals surface area contributed by atoms with Gasteiger partial charge in [-0.3, -0.25) is 0 Å². The lowest BCUT2D eigenvalue weighted by molar-refractivity contribution is 0.177. The Morgan fingerprint density at radius 1 is 1.73 bits per heavy atom. The summed E-state index contributed by atoms with van der Waals surface area (Å²) in [6, 6.07) is -0.145. The standard InChI is InChI=1S/C7H16N2O2/c1-4-9(3)7(11)8-5-6(2)10/h6,10H,4-5H2,1-3H3,(H,8,11)/t6-/m0/s1. The molecule has 66 valence electrons. The molecule has 4 heteroatoms. The van der Waals surface area contributed by atoms with Crippen LogP contribution in [0.25, 0.3) is 0 Å². The van der Waals surface area contributed by atoms with E-state index in [0.717, 1.165) is 0 Å². The second-order valence-electron chi connectivity index (χ2n) is 2.55. The van der Waals surface area contributed by atoms with Crippen LogP contribution in [0.3, 0.4) is 0 Å². The van der Waals surface area contributed by atoms with Crippen molar-refractivity contribution in [2.45, 2.75) is 20.0 Å². The van der Waals surface area contributed by atoms with Gasteiger partial charge in [-0.05, 0) is 13.8 Å². The monoisotopic (exact) mass is 160 g/mol. The molecule has 0 aliphatic heterocycles. The summed E-state index contributed by atoms with van der Waals surface area (Å²) in [5.74, 6) is 0. The van der Waals surface area contributed by atoms with E-state index in [1.807, 2.05) is 6.92 Å². The number of carbonyl (C=O) groups is 1. The van der Waals surface area contributed by atoms with Gasteiger partial charge in [0, 0.05) is 20.1 Å². The number of aliphatic hydroxyl groups excluding tert-OH is 1. The van der Waals surface area contributed by atoms with Crippen LogP contribution in [0, 0.1) is 0 Å². The molecule has 0 radical (unpaired) electrons. The minimum Gasteiger partial charge on any atom is -0.392 e. The summed E-state index contributed by atoms with van der Waals surface area (Å²) in [6.07, 6.45) is -0.482. The summed E-state index contributed by atoms with van der Waals surface area (Å²) in [7, 11) is 1.71. The van der Waals surface area contributed by atoms with Crippen molar-refractivity contribution in [1.29, 1.82) is 0 Å². The highest BCUT2D eigenvalue weighted by molar-refractivity contribution is 5.73. The fraction of sp³-hybridized carbons (Fsp3) is 0.857. The summed E-state index contributed by atoms with van der Waals surface area (Å²) in [5, 5.41) is 11.4. The molecule has 11 heavy (non-hydrogen) atoms. The van der Waals surface area contributed by atoms with Crippen molar-refractivity contribution < 1.29 is 9.90 Å². The SMILES string of the molecule is CCN(C)C(=O)NC[C@H](C)O. The number of rotatable bonds is 3. The molecule has 0 aliphatic carbocycles. The minimum absolute atomic E-state index is 0.145. The molecular weight excluding hydrogens is 144 g/mol. The summed E-state index contributed by atoms with van der Waals surface area (Å²) < 4.78 is 0. The molecule has 4 nitrogen and oxygen atoms in total. The highest BCUT2D eigenvalue weighted by atomic mass is 16.3. The molecule has 0 rings (SSSR count). The average molecular weight is 160 g/mol. The normalized spacial score (nSPS) is 12.4. The summed E-state index contributed by atoms with van der Waals surface area (Å²) in [5.41, 5.74) is 0. The average Bonchev–Trinajstić information content (AvgIpc) is 1.98. The van der Waals surface area contributed by atoms with Crippen molar-refractivity contribution in [3.63, 3.8) is 0 Å². The molecule has 1 atom stereocenters. The molecule has 0 bridgehead atoms. The number of hydrogen-bond donors (Lipinski definition) is 2. The molecule has 0 fully saturated rings. The zero-order valence-electron chi connectivity index (χ0n) is 7.29. The first kappa shape index (κ1) is 10.2. The van der Waals surface area contributed by atoms with Gasteiger partial charge in [0.15, 0.2) is 0 Å². The van der Waals surface area contributed by atoms with Gasteiger partial charge in [-0.2, -0.15) is 0 Å². The first-order valence-corrected chi connectivity index (χ1v) is 3.75. The van der Waals surface area contributed by atoms with Crippen LogP contribution in [0.4, 0.5) is 4.79 Å². The van der Waals surface area contributed by atoms with Crippen LogP contribution >= 0.6 is 0 Å². The molecule has 0 aliphatic rings. The third kappa shape index (κ3) is 4.61. The summed E-state index contributed by atoms with van der Waals surface area (Å²) in [6.45, 7) is 4.50. The van der Waals surface area contributed by atoms with Crippen molar-refractivity contribution in [1.82, 2.24) is 10.2 Å². The smallest absolute Gasteiger partial charge is 0.317 e. The Hall–Kier alpha value is -0.770. The Morgan fingerprint density at radius 3 is 2.64 bits per heavy atom. The number of nitrogens with one attached hydrogen (secondary N) is 1. The van der Waals surface area contributed by atoms with Crippen molar-refractivity contribution in [2.24, 2.45) is 0 Å². The van der Waals surface area contributed by atoms with Gasteiger partial charge in [-0.15, -0.1) is 0 Å². The molecule has 2 amide bonds. The van der Waals surface area contributed by atoms with Gasteiger partial charge in [-0.1, -0.05) is 0 Å². The Bertz CT molecular complexity index is 126. The van der Waals surface area contributed by atoms with Crippen molar-refractivity contribution in [3.8, 4) is 0 Å². The lowest BCUT2D eigenvalue weighted by atomic mass is 10.4. The maximum absolute atomic E-state index is 11.0. The van der Waals surface area contributed by atoms with Crippen molar-refractivity contribution in [3.05, 3.63) is 0 Å². The number of urea groups is 1. The van der Waals surface area contributed by atoms with E-state index in [-0.39, 0.29) is 6.03 Å². The number of amides is 2. The van der Waals surface area contributed by atoms with Crippen LogP contribution in [0.15, 0.2) is 0 Å². The number of carbonyl (C=O) groups excluding carboxylic acids is 1. The number of nitrogens with zero attached hydrogens (tertiary/aromatic N) is 1. The molecular formula is C7H16N2O2. The molecule has 0 unspecified atom stereocenters. The van der Waals surface area contributed by atoms with E-state index in [1.165, 1.54) is 0 Å². The molecule has 0 aromatic carbocycles. The zero-order chi connectivity index (χ0) is 8.85. The van der Waals surface area contributed by atoms with Crippen LogP contribution in [0.1, 0.15) is 13.8 Å². The first-order chi connectivity index (χ1) is 5.07. The minimum atomic E-state index is -0.482. The quantitative estimate of drug-likeness (QED) is 0.612. The molecule has 0 spiro atoms. The Kier molecular flexibility index (Phi) is 4.61. The topological polar surface area (TPSA) is 52.6 Å². The second-order valence-corrected chi connectivity index (χ2v) is 2.55. The molecule has 0 heterocycles. The van der Waals surface area contributed by atoms with Gasteiger partial charge in [0.1, 0.15) is 0 Å². The highest BCUT2D eigenvalue weighted by Crippen LogP contribution is 1.83. The fourth-order valence-electron chi connectivity index (χ4n) is 0.514. The van der Waals surface area contributed by atoms with Gasteiger partial charge in [-0.25, -0.2) is 4.79 Å². The second kappa shape index (κ2) is 4.96. The lowest BCUT2D eigenvalue weighted by Crippen LogP contribution is -2.40.